The molecular formula is C22H37IN4O2. The number of carbonyl (C=O) groups is 1. The van der Waals surface area contributed by atoms with Crippen LogP contribution in [0.1, 0.15) is 51.5 Å². The van der Waals surface area contributed by atoms with Crippen LogP contribution in [0.4, 0.5) is 0 Å². The molecule has 0 bridgehead atoms. The monoisotopic (exact) mass is 516 g/mol. The molecule has 0 heterocycles. The molecule has 0 unspecified atom stereocenters. The molecule has 0 radical (unpaired) electrons. The summed E-state index contributed by atoms with van der Waals surface area (Å²) in [6.07, 6.45) is 6.50. The smallest absolute Gasteiger partial charge is 0.259 e. The summed E-state index contributed by atoms with van der Waals surface area (Å²) in [7, 11) is 3.45. The number of amides is 1. The van der Waals surface area contributed by atoms with Crippen LogP contribution in [-0.4, -0.2) is 50.6 Å². The first-order valence-corrected chi connectivity index (χ1v) is 10.4. The summed E-state index contributed by atoms with van der Waals surface area (Å²) < 4.78 is 5.60. The Morgan fingerprint density at radius 2 is 1.93 bits per heavy atom. The zero-order valence-corrected chi connectivity index (χ0v) is 20.6. The second-order valence-corrected chi connectivity index (χ2v) is 7.83. The Hall–Kier alpha value is -1.51. The molecule has 1 fully saturated rings. The average Bonchev–Trinajstić information content (AvgIpc) is 3.18. The van der Waals surface area contributed by atoms with Crippen molar-refractivity contribution in [3.63, 3.8) is 0 Å². The fraction of sp³-hybridized carbons (Fsp3) is 0.636. The topological polar surface area (TPSA) is 66.0 Å². The van der Waals surface area contributed by atoms with Gasteiger partial charge in [-0.2, -0.15) is 0 Å². The molecule has 1 saturated carbocycles. The van der Waals surface area contributed by atoms with E-state index in [4.69, 9.17) is 9.73 Å². The zero-order chi connectivity index (χ0) is 20.4. The van der Waals surface area contributed by atoms with E-state index in [0.717, 1.165) is 24.6 Å². The van der Waals surface area contributed by atoms with Gasteiger partial charge in [-0.15, -0.1) is 24.0 Å². The van der Waals surface area contributed by atoms with Crippen LogP contribution < -0.4 is 15.4 Å². The van der Waals surface area contributed by atoms with Crippen LogP contribution >= 0.6 is 24.0 Å². The van der Waals surface area contributed by atoms with E-state index in [1.54, 1.807) is 14.1 Å². The lowest BCUT2D eigenvalue weighted by atomic mass is 9.83. The third-order valence-corrected chi connectivity index (χ3v) is 5.57. The minimum absolute atomic E-state index is 0. The number of carbonyl (C=O) groups excluding carboxylic acids is 1. The van der Waals surface area contributed by atoms with Crippen LogP contribution in [0.3, 0.4) is 0 Å². The van der Waals surface area contributed by atoms with Crippen molar-refractivity contribution in [1.29, 1.82) is 0 Å². The number of guanidine groups is 1. The normalized spacial score (nSPS) is 15.4. The van der Waals surface area contributed by atoms with E-state index in [9.17, 15) is 4.79 Å². The van der Waals surface area contributed by atoms with Gasteiger partial charge in [0, 0.05) is 27.2 Å². The Morgan fingerprint density at radius 1 is 1.21 bits per heavy atom. The Kier molecular flexibility index (Phi) is 11.4. The lowest BCUT2D eigenvalue weighted by Crippen LogP contribution is -2.42. The van der Waals surface area contributed by atoms with Gasteiger partial charge in [-0.05, 0) is 49.3 Å². The summed E-state index contributed by atoms with van der Waals surface area (Å²) in [4.78, 5) is 17.9. The first kappa shape index (κ1) is 25.5. The number of rotatable bonds is 9. The van der Waals surface area contributed by atoms with Gasteiger partial charge >= 0.3 is 0 Å². The maximum absolute atomic E-state index is 11.7. The lowest BCUT2D eigenvalue weighted by Gasteiger charge is -2.28. The van der Waals surface area contributed by atoms with E-state index in [1.807, 2.05) is 24.3 Å². The van der Waals surface area contributed by atoms with Gasteiger partial charge in [0.2, 0.25) is 0 Å². The Labute approximate surface area is 192 Å². The highest BCUT2D eigenvalue weighted by Gasteiger charge is 2.31. The van der Waals surface area contributed by atoms with Gasteiger partial charge in [-0.25, -0.2) is 4.99 Å². The maximum Gasteiger partial charge on any atom is 0.259 e. The van der Waals surface area contributed by atoms with Crippen molar-refractivity contribution >= 4 is 35.8 Å². The molecule has 0 aliphatic heterocycles. The summed E-state index contributed by atoms with van der Waals surface area (Å²) in [6, 6.07) is 7.77. The maximum atomic E-state index is 11.7. The van der Waals surface area contributed by atoms with Crippen molar-refractivity contribution < 1.29 is 9.53 Å². The van der Waals surface area contributed by atoms with Crippen LogP contribution in [0.15, 0.2) is 29.3 Å². The number of ether oxygens (including phenoxy) is 1. The van der Waals surface area contributed by atoms with E-state index < -0.39 is 0 Å². The van der Waals surface area contributed by atoms with E-state index >= 15 is 0 Å². The highest BCUT2D eigenvalue weighted by Crippen LogP contribution is 2.40. The van der Waals surface area contributed by atoms with E-state index in [2.05, 4.69) is 24.5 Å². The van der Waals surface area contributed by atoms with Crippen molar-refractivity contribution in [2.75, 3.05) is 33.8 Å². The zero-order valence-electron chi connectivity index (χ0n) is 18.3. The van der Waals surface area contributed by atoms with Crippen LogP contribution in [0.2, 0.25) is 0 Å². The second kappa shape index (κ2) is 12.9. The van der Waals surface area contributed by atoms with E-state index in [-0.39, 0.29) is 36.5 Å². The third-order valence-electron chi connectivity index (χ3n) is 5.57. The summed E-state index contributed by atoms with van der Waals surface area (Å²) in [6.45, 7) is 6.80. The van der Waals surface area contributed by atoms with Crippen LogP contribution in [-0.2, 0) is 11.3 Å². The molecule has 1 aromatic rings. The van der Waals surface area contributed by atoms with Gasteiger partial charge in [0.15, 0.2) is 12.6 Å². The molecule has 164 valence electrons. The number of hydrogen-bond donors (Lipinski definition) is 2. The van der Waals surface area contributed by atoms with Gasteiger partial charge < -0.3 is 20.3 Å². The summed E-state index contributed by atoms with van der Waals surface area (Å²) in [5.41, 5.74) is 1.47. The Bertz CT molecular complexity index is 658. The van der Waals surface area contributed by atoms with Crippen LogP contribution in [0, 0.1) is 5.41 Å². The lowest BCUT2D eigenvalue weighted by molar-refractivity contribution is -0.130. The fourth-order valence-corrected chi connectivity index (χ4v) is 3.57. The predicted octanol–water partition coefficient (Wildman–Crippen LogP) is 3.80. The third kappa shape index (κ3) is 8.40. The van der Waals surface area contributed by atoms with Gasteiger partial charge in [0.05, 0.1) is 6.54 Å². The molecule has 1 aromatic carbocycles. The summed E-state index contributed by atoms with van der Waals surface area (Å²) >= 11 is 0. The number of nitrogens with zero attached hydrogens (tertiary/aromatic N) is 2. The number of hydrogen-bond acceptors (Lipinski definition) is 3. The van der Waals surface area contributed by atoms with Gasteiger partial charge in [0.25, 0.3) is 5.91 Å². The second-order valence-electron chi connectivity index (χ2n) is 7.83. The standard InChI is InChI=1S/C22H36N4O2.HI/c1-5-22(12-7-8-13-22)17-25-21(23-6-2)24-15-18-10-9-11-19(14-18)28-16-20(27)26(3)4;/h9-11,14H,5-8,12-13,15-17H2,1-4H3,(H2,23,24,25);1H. The van der Waals surface area contributed by atoms with Gasteiger partial charge in [0.1, 0.15) is 5.75 Å². The minimum Gasteiger partial charge on any atom is -0.484 e. The first-order valence-electron chi connectivity index (χ1n) is 10.4. The van der Waals surface area contributed by atoms with Gasteiger partial charge in [-0.1, -0.05) is 31.9 Å². The van der Waals surface area contributed by atoms with Crippen molar-refractivity contribution in [3.8, 4) is 5.75 Å². The summed E-state index contributed by atoms with van der Waals surface area (Å²) in [5.74, 6) is 1.49. The SMILES string of the molecule is CCNC(=NCc1cccc(OCC(=O)N(C)C)c1)NCC1(CC)CCCC1.I. The van der Waals surface area contributed by atoms with Crippen LogP contribution in [0.25, 0.3) is 0 Å². The van der Waals surface area contributed by atoms with Crippen LogP contribution in [0.5, 0.6) is 5.75 Å². The van der Waals surface area contributed by atoms with Crippen molar-refractivity contribution in [3.05, 3.63) is 29.8 Å². The Balaban J connectivity index is 0.00000420. The average molecular weight is 516 g/mol. The van der Waals surface area contributed by atoms with E-state index in [0.29, 0.717) is 17.7 Å². The van der Waals surface area contributed by atoms with Gasteiger partial charge in [-0.3, -0.25) is 4.79 Å². The number of likely N-dealkylation sites (N-methyl/N-ethyl adjacent to an activating group) is 1. The first-order chi connectivity index (χ1) is 13.5. The molecule has 2 rings (SSSR count). The molecule has 0 aromatic heterocycles. The largest absolute Gasteiger partial charge is 0.484 e. The highest BCUT2D eigenvalue weighted by molar-refractivity contribution is 14.0. The number of halogens is 1. The molecule has 6 nitrogen and oxygen atoms in total. The molecule has 1 amide bonds. The molecule has 1 aliphatic rings. The number of nitrogens with one attached hydrogen (secondary N) is 2. The van der Waals surface area contributed by atoms with Crippen molar-refractivity contribution in [1.82, 2.24) is 15.5 Å². The van der Waals surface area contributed by atoms with E-state index in [1.165, 1.54) is 37.0 Å². The molecule has 1 aliphatic carbocycles. The number of benzene rings is 1. The molecule has 7 heteroatoms. The summed E-state index contributed by atoms with van der Waals surface area (Å²) in [5, 5.41) is 6.89. The minimum atomic E-state index is -0.0566. The quantitative estimate of drug-likeness (QED) is 0.298. The molecule has 29 heavy (non-hydrogen) atoms. The molecule has 2 N–H and O–H groups in total. The van der Waals surface area contributed by atoms with Crippen molar-refractivity contribution in [2.24, 2.45) is 10.4 Å². The predicted molar refractivity (Wildman–Crippen MR) is 130 cm³/mol. The molecule has 0 spiro atoms. The molecular weight excluding hydrogens is 479 g/mol. The molecule has 0 saturated heterocycles. The van der Waals surface area contributed by atoms with Crippen molar-refractivity contribution in [2.45, 2.75) is 52.5 Å². The highest BCUT2D eigenvalue weighted by atomic mass is 127. The Morgan fingerprint density at radius 3 is 2.55 bits per heavy atom. The number of aliphatic imine (C=N–C) groups is 1. The fourth-order valence-electron chi connectivity index (χ4n) is 3.57. The molecule has 0 atom stereocenters.